The van der Waals surface area contributed by atoms with E-state index in [1.54, 1.807) is 13.2 Å². The zero-order chi connectivity index (χ0) is 19.2. The number of nitrogens with one attached hydrogen (secondary N) is 2. The van der Waals surface area contributed by atoms with Gasteiger partial charge in [-0.25, -0.2) is 4.68 Å². The molecule has 0 saturated heterocycles. The molecule has 0 bridgehead atoms. The number of aromatic nitrogens is 2. The number of hydrogen-bond acceptors (Lipinski definition) is 3. The van der Waals surface area contributed by atoms with E-state index in [0.717, 1.165) is 43.4 Å². The van der Waals surface area contributed by atoms with Crippen molar-refractivity contribution >= 4 is 29.9 Å². The molecule has 3 aromatic rings. The number of aliphatic imine (C=N–C) groups is 1. The summed E-state index contributed by atoms with van der Waals surface area (Å²) in [4.78, 5) is 4.32. The molecule has 1 aliphatic rings. The molecule has 0 spiro atoms. The summed E-state index contributed by atoms with van der Waals surface area (Å²) in [5, 5.41) is 11.0. The Morgan fingerprint density at radius 3 is 2.90 bits per heavy atom. The molecule has 6 nitrogen and oxygen atoms in total. The molecule has 2 aromatic carbocycles. The smallest absolute Gasteiger partial charge is 0.191 e. The highest BCUT2D eigenvalue weighted by Crippen LogP contribution is 2.25. The number of halogens is 1. The average Bonchev–Trinajstić information content (AvgIpc) is 3.42. The summed E-state index contributed by atoms with van der Waals surface area (Å²) >= 11 is 0. The van der Waals surface area contributed by atoms with Crippen molar-refractivity contribution in [1.29, 1.82) is 0 Å². The zero-order valence-corrected chi connectivity index (χ0v) is 18.8. The molecule has 0 unspecified atom stereocenters. The van der Waals surface area contributed by atoms with E-state index < -0.39 is 0 Å². The zero-order valence-electron chi connectivity index (χ0n) is 16.5. The minimum absolute atomic E-state index is 0. The van der Waals surface area contributed by atoms with Gasteiger partial charge in [0.25, 0.3) is 0 Å². The van der Waals surface area contributed by atoms with Gasteiger partial charge in [0.15, 0.2) is 5.96 Å². The van der Waals surface area contributed by atoms with Gasteiger partial charge < -0.3 is 15.4 Å². The normalized spacial score (nSPS) is 12.7. The Morgan fingerprint density at radius 1 is 1.14 bits per heavy atom. The molecular formula is C22H26IN5O. The molecular weight excluding hydrogens is 477 g/mol. The van der Waals surface area contributed by atoms with Crippen LogP contribution in [-0.2, 0) is 19.4 Å². The third-order valence-corrected chi connectivity index (χ3v) is 4.82. The molecule has 0 atom stereocenters. The summed E-state index contributed by atoms with van der Waals surface area (Å²) in [6.07, 6.45) is 5.68. The lowest BCUT2D eigenvalue weighted by molar-refractivity contribution is 0.357. The van der Waals surface area contributed by atoms with Gasteiger partial charge in [-0.2, -0.15) is 5.10 Å². The molecule has 0 fully saturated rings. The first-order valence-electron chi connectivity index (χ1n) is 9.60. The van der Waals surface area contributed by atoms with Crippen LogP contribution in [0.25, 0.3) is 5.69 Å². The predicted octanol–water partition coefficient (Wildman–Crippen LogP) is 3.33. The molecule has 4 rings (SSSR count). The molecule has 29 heavy (non-hydrogen) atoms. The molecule has 1 aromatic heterocycles. The van der Waals surface area contributed by atoms with Crippen LogP contribution in [0.4, 0.5) is 0 Å². The average molecular weight is 503 g/mol. The van der Waals surface area contributed by atoms with Crippen molar-refractivity contribution < 1.29 is 4.74 Å². The summed E-state index contributed by atoms with van der Waals surface area (Å²) in [5.41, 5.74) is 4.86. The Morgan fingerprint density at radius 2 is 2.07 bits per heavy atom. The number of ether oxygens (including phenoxy) is 1. The fourth-order valence-corrected chi connectivity index (χ4v) is 3.36. The molecule has 1 aliphatic heterocycles. The van der Waals surface area contributed by atoms with Crippen LogP contribution in [0.5, 0.6) is 5.75 Å². The number of nitrogens with zero attached hydrogens (tertiary/aromatic N) is 3. The van der Waals surface area contributed by atoms with Crippen LogP contribution < -0.4 is 15.4 Å². The quantitative estimate of drug-likeness (QED) is 0.308. The van der Waals surface area contributed by atoms with E-state index in [4.69, 9.17) is 4.74 Å². The fourth-order valence-electron chi connectivity index (χ4n) is 3.36. The van der Waals surface area contributed by atoms with Crippen LogP contribution >= 0.6 is 24.0 Å². The maximum absolute atomic E-state index is 5.57. The largest absolute Gasteiger partial charge is 0.493 e. The van der Waals surface area contributed by atoms with Crippen molar-refractivity contribution in [2.45, 2.75) is 19.4 Å². The lowest BCUT2D eigenvalue weighted by Gasteiger charge is -2.13. The van der Waals surface area contributed by atoms with Crippen LogP contribution in [-0.4, -0.2) is 35.9 Å². The molecule has 0 saturated carbocycles. The van der Waals surface area contributed by atoms with Crippen LogP contribution in [0.1, 0.15) is 16.7 Å². The van der Waals surface area contributed by atoms with Crippen molar-refractivity contribution in [3.63, 3.8) is 0 Å². The first-order chi connectivity index (χ1) is 13.8. The van der Waals surface area contributed by atoms with Gasteiger partial charge in [-0.15, -0.1) is 24.0 Å². The van der Waals surface area contributed by atoms with E-state index in [1.807, 2.05) is 29.1 Å². The van der Waals surface area contributed by atoms with Crippen molar-refractivity contribution in [2.75, 3.05) is 20.2 Å². The van der Waals surface area contributed by atoms with Gasteiger partial charge in [0.2, 0.25) is 0 Å². The molecule has 0 amide bonds. The summed E-state index contributed by atoms with van der Waals surface area (Å²) in [6, 6.07) is 16.7. The SMILES string of the molecule is CN=C(NCCc1ccc2c(c1)CCO2)NCc1cccc(-n2cccn2)c1.I. The second-order valence-corrected chi connectivity index (χ2v) is 6.76. The molecule has 2 heterocycles. The van der Waals surface area contributed by atoms with Gasteiger partial charge >= 0.3 is 0 Å². The lowest BCUT2D eigenvalue weighted by Crippen LogP contribution is -2.37. The van der Waals surface area contributed by atoms with Crippen molar-refractivity contribution in [2.24, 2.45) is 4.99 Å². The highest BCUT2D eigenvalue weighted by molar-refractivity contribution is 14.0. The Labute approximate surface area is 188 Å². The summed E-state index contributed by atoms with van der Waals surface area (Å²) in [7, 11) is 1.79. The van der Waals surface area contributed by atoms with Crippen LogP contribution in [0.15, 0.2) is 65.9 Å². The number of rotatable bonds is 6. The van der Waals surface area contributed by atoms with Gasteiger partial charge in [-0.1, -0.05) is 24.3 Å². The standard InChI is InChI=1S/C22H25N5O.HI/c1-23-22(24-11-8-17-6-7-21-19(14-17)9-13-28-21)25-16-18-4-2-5-20(15-18)27-12-3-10-26-27;/h2-7,10,12,14-15H,8-9,11,13,16H2,1H3,(H2,23,24,25);1H. The van der Waals surface area contributed by atoms with Gasteiger partial charge in [0.05, 0.1) is 12.3 Å². The van der Waals surface area contributed by atoms with E-state index in [0.29, 0.717) is 6.54 Å². The van der Waals surface area contributed by atoms with E-state index >= 15 is 0 Å². The van der Waals surface area contributed by atoms with E-state index in [9.17, 15) is 0 Å². The van der Waals surface area contributed by atoms with Crippen LogP contribution in [0, 0.1) is 0 Å². The van der Waals surface area contributed by atoms with Crippen LogP contribution in [0.3, 0.4) is 0 Å². The first kappa shape index (κ1) is 21.2. The van der Waals surface area contributed by atoms with E-state index in [2.05, 4.69) is 51.1 Å². The second-order valence-electron chi connectivity index (χ2n) is 6.76. The fraction of sp³-hybridized carbons (Fsp3) is 0.273. The second kappa shape index (κ2) is 10.3. The highest BCUT2D eigenvalue weighted by Gasteiger charge is 2.11. The Bertz CT molecular complexity index is 956. The minimum atomic E-state index is 0. The van der Waals surface area contributed by atoms with Gasteiger partial charge in [-0.05, 0) is 47.4 Å². The Kier molecular flexibility index (Phi) is 7.51. The van der Waals surface area contributed by atoms with Gasteiger partial charge in [0.1, 0.15) is 5.75 Å². The monoisotopic (exact) mass is 503 g/mol. The lowest BCUT2D eigenvalue weighted by atomic mass is 10.1. The van der Waals surface area contributed by atoms with Crippen molar-refractivity contribution in [3.8, 4) is 11.4 Å². The summed E-state index contributed by atoms with van der Waals surface area (Å²) in [6.45, 7) is 2.33. The van der Waals surface area contributed by atoms with E-state index in [-0.39, 0.29) is 24.0 Å². The number of fused-ring (bicyclic) bond motifs is 1. The molecule has 0 aliphatic carbocycles. The van der Waals surface area contributed by atoms with Crippen molar-refractivity contribution in [3.05, 3.63) is 77.6 Å². The topological polar surface area (TPSA) is 63.5 Å². The van der Waals surface area contributed by atoms with Crippen LogP contribution in [0.2, 0.25) is 0 Å². The third kappa shape index (κ3) is 5.50. The van der Waals surface area contributed by atoms with Crippen molar-refractivity contribution in [1.82, 2.24) is 20.4 Å². The molecule has 2 N–H and O–H groups in total. The maximum Gasteiger partial charge on any atom is 0.191 e. The van der Waals surface area contributed by atoms with Gasteiger partial charge in [-0.3, -0.25) is 4.99 Å². The number of guanidine groups is 1. The Balaban J connectivity index is 0.00000240. The Hall–Kier alpha value is -2.55. The molecule has 0 radical (unpaired) electrons. The highest BCUT2D eigenvalue weighted by atomic mass is 127. The summed E-state index contributed by atoms with van der Waals surface area (Å²) in [5.74, 6) is 1.83. The van der Waals surface area contributed by atoms with Gasteiger partial charge in [0, 0.05) is 39.0 Å². The molecule has 7 heteroatoms. The number of benzene rings is 2. The number of hydrogen-bond donors (Lipinski definition) is 2. The van der Waals surface area contributed by atoms with E-state index in [1.165, 1.54) is 16.7 Å². The maximum atomic E-state index is 5.57. The first-order valence-corrected chi connectivity index (χ1v) is 9.60. The third-order valence-electron chi connectivity index (χ3n) is 4.82. The summed E-state index contributed by atoms with van der Waals surface area (Å²) < 4.78 is 7.43. The predicted molar refractivity (Wildman–Crippen MR) is 127 cm³/mol. The minimum Gasteiger partial charge on any atom is -0.493 e. The molecule has 152 valence electrons.